The molecule has 18 heavy (non-hydrogen) atoms. The molecule has 0 aliphatic carbocycles. The van der Waals surface area contributed by atoms with Gasteiger partial charge in [0, 0.05) is 26.3 Å². The van der Waals surface area contributed by atoms with Gasteiger partial charge in [0.15, 0.2) is 0 Å². The first-order valence-corrected chi connectivity index (χ1v) is 5.86. The molecule has 1 aromatic heterocycles. The van der Waals surface area contributed by atoms with Gasteiger partial charge in [0.05, 0.1) is 23.5 Å². The zero-order valence-electron chi connectivity index (χ0n) is 11.1. The van der Waals surface area contributed by atoms with Crippen LogP contribution in [-0.4, -0.2) is 30.3 Å². The van der Waals surface area contributed by atoms with Gasteiger partial charge in [0.1, 0.15) is 0 Å². The molecule has 0 atom stereocenters. The molecular formula is C13H20N2O3. The zero-order chi connectivity index (χ0) is 13.6. The molecule has 0 fully saturated rings. The molecular weight excluding hydrogens is 232 g/mol. The topological polar surface area (TPSA) is 74.4 Å². The highest BCUT2D eigenvalue weighted by Crippen LogP contribution is 2.13. The van der Waals surface area contributed by atoms with Crippen LogP contribution in [0.2, 0.25) is 0 Å². The van der Waals surface area contributed by atoms with Gasteiger partial charge in [0.2, 0.25) is 0 Å². The summed E-state index contributed by atoms with van der Waals surface area (Å²) in [5.41, 5.74) is 6.31. The number of rotatable bonds is 6. The Labute approximate surface area is 107 Å². The van der Waals surface area contributed by atoms with Crippen molar-refractivity contribution >= 4 is 5.97 Å². The standard InChI is InChI=1S/C13H20N2O3/c1-13(2,17-3)5-7-18-12(16)10-4-6-15-11(8-10)9-14/h4,6,8H,5,7,9,14H2,1-3H3. The van der Waals surface area contributed by atoms with E-state index in [1.807, 2.05) is 13.8 Å². The van der Waals surface area contributed by atoms with Gasteiger partial charge in [0.25, 0.3) is 0 Å². The molecule has 0 saturated heterocycles. The van der Waals surface area contributed by atoms with E-state index in [1.54, 1.807) is 25.4 Å². The van der Waals surface area contributed by atoms with E-state index in [-0.39, 0.29) is 11.6 Å². The van der Waals surface area contributed by atoms with E-state index >= 15 is 0 Å². The number of esters is 1. The van der Waals surface area contributed by atoms with Crippen LogP contribution >= 0.6 is 0 Å². The average Bonchev–Trinajstić information content (AvgIpc) is 2.38. The van der Waals surface area contributed by atoms with Gasteiger partial charge >= 0.3 is 5.97 Å². The van der Waals surface area contributed by atoms with Crippen molar-refractivity contribution in [1.82, 2.24) is 4.98 Å². The molecule has 0 aliphatic rings. The summed E-state index contributed by atoms with van der Waals surface area (Å²) in [4.78, 5) is 15.8. The van der Waals surface area contributed by atoms with Gasteiger partial charge in [-0.05, 0) is 26.0 Å². The first kappa shape index (κ1) is 14.6. The van der Waals surface area contributed by atoms with Gasteiger partial charge in [-0.3, -0.25) is 4.98 Å². The van der Waals surface area contributed by atoms with Crippen molar-refractivity contribution in [1.29, 1.82) is 0 Å². The van der Waals surface area contributed by atoms with Crippen LogP contribution in [0, 0.1) is 0 Å². The number of carbonyl (C=O) groups is 1. The Hall–Kier alpha value is -1.46. The Morgan fingerprint density at radius 2 is 2.22 bits per heavy atom. The fourth-order valence-corrected chi connectivity index (χ4v) is 1.29. The van der Waals surface area contributed by atoms with E-state index in [4.69, 9.17) is 15.2 Å². The second kappa shape index (κ2) is 6.47. The molecule has 2 N–H and O–H groups in total. The maximum atomic E-state index is 11.8. The van der Waals surface area contributed by atoms with Gasteiger partial charge in [-0.25, -0.2) is 4.79 Å². The lowest BCUT2D eigenvalue weighted by Gasteiger charge is -2.22. The van der Waals surface area contributed by atoms with Gasteiger partial charge in [-0.15, -0.1) is 0 Å². The molecule has 0 radical (unpaired) electrons. The van der Waals surface area contributed by atoms with Crippen molar-refractivity contribution < 1.29 is 14.3 Å². The number of aromatic nitrogens is 1. The van der Waals surface area contributed by atoms with Crippen LogP contribution in [0.25, 0.3) is 0 Å². The number of methoxy groups -OCH3 is 1. The van der Waals surface area contributed by atoms with Crippen LogP contribution < -0.4 is 5.73 Å². The third-order valence-electron chi connectivity index (χ3n) is 2.75. The summed E-state index contributed by atoms with van der Waals surface area (Å²) in [6.45, 7) is 4.51. The molecule has 100 valence electrons. The Morgan fingerprint density at radius 1 is 1.50 bits per heavy atom. The maximum absolute atomic E-state index is 11.8. The Kier molecular flexibility index (Phi) is 5.25. The molecule has 0 unspecified atom stereocenters. The van der Waals surface area contributed by atoms with E-state index < -0.39 is 0 Å². The van der Waals surface area contributed by atoms with Crippen LogP contribution in [0.5, 0.6) is 0 Å². The van der Waals surface area contributed by atoms with Gasteiger partial charge < -0.3 is 15.2 Å². The predicted molar refractivity (Wildman–Crippen MR) is 68.1 cm³/mol. The van der Waals surface area contributed by atoms with Crippen molar-refractivity contribution in [2.75, 3.05) is 13.7 Å². The fourth-order valence-electron chi connectivity index (χ4n) is 1.29. The number of hydrogen-bond donors (Lipinski definition) is 1. The minimum Gasteiger partial charge on any atom is -0.462 e. The Morgan fingerprint density at radius 3 is 2.83 bits per heavy atom. The number of nitrogens with zero attached hydrogens (tertiary/aromatic N) is 1. The SMILES string of the molecule is COC(C)(C)CCOC(=O)c1ccnc(CN)c1. The molecule has 0 saturated carbocycles. The highest BCUT2D eigenvalue weighted by molar-refractivity contribution is 5.89. The quantitative estimate of drug-likeness (QED) is 0.777. The smallest absolute Gasteiger partial charge is 0.338 e. The Balaban J connectivity index is 2.50. The molecule has 0 spiro atoms. The lowest BCUT2D eigenvalue weighted by atomic mass is 10.1. The number of pyridine rings is 1. The molecule has 1 aromatic rings. The van der Waals surface area contributed by atoms with Gasteiger partial charge in [-0.1, -0.05) is 0 Å². The monoisotopic (exact) mass is 252 g/mol. The molecule has 0 bridgehead atoms. The summed E-state index contributed by atoms with van der Waals surface area (Å²) < 4.78 is 10.4. The maximum Gasteiger partial charge on any atom is 0.338 e. The summed E-state index contributed by atoms with van der Waals surface area (Å²) in [6, 6.07) is 3.26. The molecule has 5 heteroatoms. The average molecular weight is 252 g/mol. The molecule has 5 nitrogen and oxygen atoms in total. The summed E-state index contributed by atoms with van der Waals surface area (Å²) in [7, 11) is 1.64. The van der Waals surface area contributed by atoms with Crippen molar-refractivity contribution in [3.8, 4) is 0 Å². The van der Waals surface area contributed by atoms with E-state index in [2.05, 4.69) is 4.98 Å². The number of hydrogen-bond acceptors (Lipinski definition) is 5. The first-order valence-electron chi connectivity index (χ1n) is 5.86. The van der Waals surface area contributed by atoms with Crippen molar-refractivity contribution in [2.24, 2.45) is 5.73 Å². The van der Waals surface area contributed by atoms with Gasteiger partial charge in [-0.2, -0.15) is 0 Å². The zero-order valence-corrected chi connectivity index (χ0v) is 11.1. The molecule has 1 heterocycles. The number of ether oxygens (including phenoxy) is 2. The first-order chi connectivity index (χ1) is 8.48. The number of nitrogens with two attached hydrogens (primary N) is 1. The van der Waals surface area contributed by atoms with E-state index in [0.717, 1.165) is 0 Å². The van der Waals surface area contributed by atoms with Crippen LogP contribution in [-0.2, 0) is 16.0 Å². The molecule has 0 amide bonds. The van der Waals surface area contributed by atoms with Crippen LogP contribution in [0.15, 0.2) is 18.3 Å². The second-order valence-electron chi connectivity index (χ2n) is 4.59. The summed E-state index contributed by atoms with van der Waals surface area (Å²) in [6.07, 6.45) is 2.20. The van der Waals surface area contributed by atoms with Crippen LogP contribution in [0.1, 0.15) is 36.3 Å². The number of carbonyl (C=O) groups excluding carboxylic acids is 1. The van der Waals surface area contributed by atoms with Crippen molar-refractivity contribution in [3.05, 3.63) is 29.6 Å². The van der Waals surface area contributed by atoms with Crippen LogP contribution in [0.3, 0.4) is 0 Å². The highest BCUT2D eigenvalue weighted by atomic mass is 16.5. The third-order valence-corrected chi connectivity index (χ3v) is 2.75. The minimum absolute atomic E-state index is 0.291. The summed E-state index contributed by atoms with van der Waals surface area (Å²) in [5.74, 6) is -0.362. The lowest BCUT2D eigenvalue weighted by molar-refractivity contribution is -0.00564. The highest BCUT2D eigenvalue weighted by Gasteiger charge is 2.17. The second-order valence-corrected chi connectivity index (χ2v) is 4.59. The minimum atomic E-state index is -0.362. The Bertz CT molecular complexity index is 405. The van der Waals surface area contributed by atoms with Crippen LogP contribution in [0.4, 0.5) is 0 Å². The summed E-state index contributed by atoms with van der Waals surface area (Å²) >= 11 is 0. The normalized spacial score (nSPS) is 11.3. The lowest BCUT2D eigenvalue weighted by Crippen LogP contribution is -2.25. The van der Waals surface area contributed by atoms with Crippen molar-refractivity contribution in [2.45, 2.75) is 32.4 Å². The largest absolute Gasteiger partial charge is 0.462 e. The molecule has 0 aromatic carbocycles. The third kappa shape index (κ3) is 4.43. The fraction of sp³-hybridized carbons (Fsp3) is 0.538. The van der Waals surface area contributed by atoms with E-state index in [0.29, 0.717) is 30.8 Å². The molecule has 1 rings (SSSR count). The van der Waals surface area contributed by atoms with E-state index in [9.17, 15) is 4.79 Å². The van der Waals surface area contributed by atoms with Crippen molar-refractivity contribution in [3.63, 3.8) is 0 Å². The van der Waals surface area contributed by atoms with E-state index in [1.165, 1.54) is 0 Å². The molecule has 0 aliphatic heterocycles. The predicted octanol–water partition coefficient (Wildman–Crippen LogP) is 1.51. The summed E-state index contributed by atoms with van der Waals surface area (Å²) in [5, 5.41) is 0.